The van der Waals surface area contributed by atoms with Gasteiger partial charge in [-0.05, 0) is 30.2 Å². The molecule has 0 saturated heterocycles. The molecule has 70 valence electrons. The first-order valence-electron chi connectivity index (χ1n) is 4.80. The van der Waals surface area contributed by atoms with Crippen LogP contribution >= 0.6 is 15.9 Å². The largest absolute Gasteiger partial charge is 0.0925 e. The molecule has 0 radical (unpaired) electrons. The number of halogens is 1. The molecule has 0 amide bonds. The van der Waals surface area contributed by atoms with Crippen LogP contribution in [-0.4, -0.2) is 5.33 Å². The first-order valence-corrected chi connectivity index (χ1v) is 5.92. The Bertz CT molecular complexity index is 319. The summed E-state index contributed by atoms with van der Waals surface area (Å²) in [7, 11) is 0. The zero-order chi connectivity index (χ0) is 9.47. The van der Waals surface area contributed by atoms with Crippen molar-refractivity contribution >= 4 is 15.9 Å². The lowest BCUT2D eigenvalue weighted by Gasteiger charge is -2.11. The number of rotatable bonds is 2. The van der Waals surface area contributed by atoms with Crippen molar-refractivity contribution in [2.24, 2.45) is 5.92 Å². The molecule has 0 aromatic heterocycles. The molecule has 1 fully saturated rings. The van der Waals surface area contributed by atoms with Crippen molar-refractivity contribution in [3.8, 4) is 0 Å². The Morgan fingerprint density at radius 3 is 2.85 bits per heavy atom. The van der Waals surface area contributed by atoms with Crippen LogP contribution in [0.25, 0.3) is 0 Å². The maximum Gasteiger partial charge on any atom is 0.00684 e. The molecule has 0 aliphatic heterocycles. The minimum absolute atomic E-state index is 0.454. The van der Waals surface area contributed by atoms with Gasteiger partial charge in [-0.1, -0.05) is 52.7 Å². The maximum absolute atomic E-state index is 3.57. The monoisotopic (exact) mass is 238 g/mol. The van der Waals surface area contributed by atoms with Crippen LogP contribution < -0.4 is 0 Å². The van der Waals surface area contributed by atoms with Crippen molar-refractivity contribution in [3.63, 3.8) is 0 Å². The lowest BCUT2D eigenvalue weighted by Crippen LogP contribution is -2.04. The van der Waals surface area contributed by atoms with Crippen molar-refractivity contribution in [3.05, 3.63) is 35.4 Å². The van der Waals surface area contributed by atoms with E-state index < -0.39 is 0 Å². The van der Waals surface area contributed by atoms with Gasteiger partial charge in [0.15, 0.2) is 0 Å². The summed E-state index contributed by atoms with van der Waals surface area (Å²) >= 11 is 3.57. The fraction of sp³-hybridized carbons (Fsp3) is 0.500. The molecule has 1 heteroatoms. The summed E-state index contributed by atoms with van der Waals surface area (Å²) in [6.45, 7) is 4.53. The highest BCUT2D eigenvalue weighted by molar-refractivity contribution is 9.09. The zero-order valence-electron chi connectivity index (χ0n) is 8.18. The lowest BCUT2D eigenvalue weighted by molar-refractivity contribution is 0.709. The smallest absolute Gasteiger partial charge is 0.00684 e. The molecule has 0 nitrogen and oxygen atoms in total. The van der Waals surface area contributed by atoms with Gasteiger partial charge in [0.1, 0.15) is 0 Å². The lowest BCUT2D eigenvalue weighted by atomic mass is 9.95. The molecule has 2 rings (SSSR count). The van der Waals surface area contributed by atoms with Gasteiger partial charge in [-0.15, -0.1) is 0 Å². The number of hydrogen-bond donors (Lipinski definition) is 0. The minimum Gasteiger partial charge on any atom is -0.0925 e. The van der Waals surface area contributed by atoms with E-state index in [0.717, 1.165) is 11.2 Å². The van der Waals surface area contributed by atoms with Crippen LogP contribution in [0, 0.1) is 12.8 Å². The Labute approximate surface area is 88.5 Å². The topological polar surface area (TPSA) is 0 Å². The molecule has 1 aromatic carbocycles. The standard InChI is InChI=1S/C12H15Br/c1-9-4-3-5-10(6-9)12(2)7-11(12)8-13/h3-6,11H,7-8H2,1-2H3. The van der Waals surface area contributed by atoms with E-state index in [1.165, 1.54) is 17.5 Å². The van der Waals surface area contributed by atoms with E-state index >= 15 is 0 Å². The quantitative estimate of drug-likeness (QED) is 0.691. The molecule has 1 aromatic rings. The third-order valence-electron chi connectivity index (χ3n) is 3.28. The number of hydrogen-bond acceptors (Lipinski definition) is 0. The van der Waals surface area contributed by atoms with Gasteiger partial charge in [0.2, 0.25) is 0 Å². The minimum atomic E-state index is 0.454. The SMILES string of the molecule is Cc1cccc(C2(C)CC2CBr)c1. The zero-order valence-corrected chi connectivity index (χ0v) is 9.76. The predicted octanol–water partition coefficient (Wildman–Crippen LogP) is 3.67. The first kappa shape index (κ1) is 9.26. The molecule has 0 N–H and O–H groups in total. The fourth-order valence-electron chi connectivity index (χ4n) is 2.03. The Balaban J connectivity index is 2.27. The van der Waals surface area contributed by atoms with Crippen LogP contribution in [0.3, 0.4) is 0 Å². The highest BCUT2D eigenvalue weighted by atomic mass is 79.9. The Morgan fingerprint density at radius 2 is 2.31 bits per heavy atom. The summed E-state index contributed by atoms with van der Waals surface area (Å²) in [6, 6.07) is 8.91. The van der Waals surface area contributed by atoms with Crippen molar-refractivity contribution < 1.29 is 0 Å². The van der Waals surface area contributed by atoms with E-state index in [-0.39, 0.29) is 0 Å². The maximum atomic E-state index is 3.57. The van der Waals surface area contributed by atoms with Gasteiger partial charge in [-0.25, -0.2) is 0 Å². The van der Waals surface area contributed by atoms with Crippen LogP contribution in [0.2, 0.25) is 0 Å². The van der Waals surface area contributed by atoms with Crippen LogP contribution in [0.1, 0.15) is 24.5 Å². The van der Waals surface area contributed by atoms with Crippen LogP contribution in [-0.2, 0) is 5.41 Å². The molecule has 13 heavy (non-hydrogen) atoms. The molecule has 2 atom stereocenters. The van der Waals surface area contributed by atoms with E-state index in [1.54, 1.807) is 0 Å². The van der Waals surface area contributed by atoms with Crippen LogP contribution in [0.15, 0.2) is 24.3 Å². The molecule has 1 aliphatic carbocycles. The normalized spacial score (nSPS) is 31.8. The van der Waals surface area contributed by atoms with Crippen LogP contribution in [0.4, 0.5) is 0 Å². The molecular formula is C12H15Br. The highest BCUT2D eigenvalue weighted by Gasteiger charge is 2.50. The Hall–Kier alpha value is -0.300. The number of aryl methyl sites for hydroxylation is 1. The molecule has 1 aliphatic rings. The third kappa shape index (κ3) is 1.54. The van der Waals surface area contributed by atoms with Crippen LogP contribution in [0.5, 0.6) is 0 Å². The van der Waals surface area contributed by atoms with Gasteiger partial charge < -0.3 is 0 Å². The second-order valence-corrected chi connectivity index (χ2v) is 4.99. The van der Waals surface area contributed by atoms with Gasteiger partial charge in [0.05, 0.1) is 0 Å². The number of benzene rings is 1. The Morgan fingerprint density at radius 1 is 1.54 bits per heavy atom. The fourth-order valence-corrected chi connectivity index (χ4v) is 2.98. The molecule has 0 heterocycles. The number of alkyl halides is 1. The average molecular weight is 239 g/mol. The van der Waals surface area contributed by atoms with E-state index in [0.29, 0.717) is 5.41 Å². The van der Waals surface area contributed by atoms with Crippen molar-refractivity contribution in [2.75, 3.05) is 5.33 Å². The van der Waals surface area contributed by atoms with E-state index in [4.69, 9.17) is 0 Å². The Kier molecular flexibility index (Phi) is 2.23. The second kappa shape index (κ2) is 3.13. The second-order valence-electron chi connectivity index (χ2n) is 4.34. The summed E-state index contributed by atoms with van der Waals surface area (Å²) in [5, 5.41) is 1.14. The molecular weight excluding hydrogens is 224 g/mol. The highest BCUT2D eigenvalue weighted by Crippen LogP contribution is 2.54. The van der Waals surface area contributed by atoms with Gasteiger partial charge in [-0.2, -0.15) is 0 Å². The van der Waals surface area contributed by atoms with Gasteiger partial charge in [0.25, 0.3) is 0 Å². The average Bonchev–Trinajstić information content (AvgIpc) is 2.79. The van der Waals surface area contributed by atoms with Gasteiger partial charge in [0, 0.05) is 5.33 Å². The summed E-state index contributed by atoms with van der Waals surface area (Å²) in [4.78, 5) is 0. The van der Waals surface area contributed by atoms with Gasteiger partial charge in [-0.3, -0.25) is 0 Å². The summed E-state index contributed by atoms with van der Waals surface area (Å²) < 4.78 is 0. The van der Waals surface area contributed by atoms with Gasteiger partial charge >= 0.3 is 0 Å². The van der Waals surface area contributed by atoms with Crippen molar-refractivity contribution in [2.45, 2.75) is 25.7 Å². The first-order chi connectivity index (χ1) is 6.16. The van der Waals surface area contributed by atoms with Crippen molar-refractivity contribution in [1.29, 1.82) is 0 Å². The van der Waals surface area contributed by atoms with E-state index in [9.17, 15) is 0 Å². The van der Waals surface area contributed by atoms with E-state index in [1.807, 2.05) is 0 Å². The molecule has 0 bridgehead atoms. The summed E-state index contributed by atoms with van der Waals surface area (Å²) in [5.74, 6) is 0.842. The molecule has 2 unspecified atom stereocenters. The molecule has 0 spiro atoms. The summed E-state index contributed by atoms with van der Waals surface area (Å²) in [6.07, 6.45) is 1.34. The molecule has 1 saturated carbocycles. The predicted molar refractivity (Wildman–Crippen MR) is 60.4 cm³/mol. The summed E-state index contributed by atoms with van der Waals surface area (Å²) in [5.41, 5.74) is 3.34. The third-order valence-corrected chi connectivity index (χ3v) is 4.06. The van der Waals surface area contributed by atoms with E-state index in [2.05, 4.69) is 54.0 Å². The van der Waals surface area contributed by atoms with Crippen molar-refractivity contribution in [1.82, 2.24) is 0 Å².